The number of carbonyl (C=O) groups excluding carboxylic acids is 2. The molecule has 0 aliphatic carbocycles. The summed E-state index contributed by atoms with van der Waals surface area (Å²) in [5.41, 5.74) is -0.165. The van der Waals surface area contributed by atoms with Gasteiger partial charge in [-0.2, -0.15) is 5.10 Å². The molecule has 0 saturated carbocycles. The number of rotatable bonds is 2. The lowest BCUT2D eigenvalue weighted by atomic mass is 9.65. The molecule has 1 aromatic heterocycles. The first-order valence-corrected chi connectivity index (χ1v) is 9.24. The van der Waals surface area contributed by atoms with Crippen molar-refractivity contribution in [3.05, 3.63) is 12.2 Å². The topological polar surface area (TPSA) is 91.4 Å². The Morgan fingerprint density at radius 3 is 2.69 bits per heavy atom. The highest BCUT2D eigenvalue weighted by Gasteiger charge is 2.49. The third-order valence-corrected chi connectivity index (χ3v) is 6.17. The largest absolute Gasteiger partial charge is 0.381 e. The number of H-pyrrole nitrogens is 1. The molecule has 3 aliphatic heterocycles. The molecule has 142 valence electrons. The first-order chi connectivity index (χ1) is 12.6. The standard InChI is InChI=1S/C17H24FN5O3/c18-12-1-5-23(9-12)15(24)13-10-26-8-4-17(13)2-6-22(7-3-17)16(25)14-19-11-20-21-14/h11-13H,1-10H2,(H,19,20,21)/t12-,13-/m0/s1. The number of nitrogens with zero attached hydrogens (tertiary/aromatic N) is 4. The predicted octanol–water partition coefficient (Wildman–Crippen LogP) is 0.634. The van der Waals surface area contributed by atoms with Crippen molar-refractivity contribution >= 4 is 11.8 Å². The lowest BCUT2D eigenvalue weighted by Crippen LogP contribution is -2.54. The number of carbonyl (C=O) groups is 2. The van der Waals surface area contributed by atoms with Gasteiger partial charge in [-0.05, 0) is 31.1 Å². The number of amides is 2. The quantitative estimate of drug-likeness (QED) is 0.830. The van der Waals surface area contributed by atoms with Crippen molar-refractivity contribution < 1.29 is 18.7 Å². The molecule has 1 N–H and O–H groups in total. The van der Waals surface area contributed by atoms with Gasteiger partial charge in [0.15, 0.2) is 0 Å². The Bertz CT molecular complexity index is 659. The zero-order chi connectivity index (χ0) is 18.1. The van der Waals surface area contributed by atoms with E-state index >= 15 is 0 Å². The highest BCUT2D eigenvalue weighted by Crippen LogP contribution is 2.45. The van der Waals surface area contributed by atoms with Crippen molar-refractivity contribution in [1.29, 1.82) is 0 Å². The minimum absolute atomic E-state index is 0.0138. The Morgan fingerprint density at radius 1 is 1.23 bits per heavy atom. The van der Waals surface area contributed by atoms with Gasteiger partial charge in [0.2, 0.25) is 11.7 Å². The second-order valence-corrected chi connectivity index (χ2v) is 7.54. The third-order valence-electron chi connectivity index (χ3n) is 6.17. The molecule has 0 aromatic carbocycles. The summed E-state index contributed by atoms with van der Waals surface area (Å²) in [5, 5.41) is 6.33. The van der Waals surface area contributed by atoms with E-state index in [-0.39, 0.29) is 35.5 Å². The summed E-state index contributed by atoms with van der Waals surface area (Å²) in [6.45, 7) is 2.86. The molecule has 1 spiro atoms. The summed E-state index contributed by atoms with van der Waals surface area (Å²) in [6, 6.07) is 0. The van der Waals surface area contributed by atoms with E-state index in [4.69, 9.17) is 4.74 Å². The van der Waals surface area contributed by atoms with Gasteiger partial charge in [0.25, 0.3) is 5.91 Å². The van der Waals surface area contributed by atoms with Crippen molar-refractivity contribution in [2.45, 2.75) is 31.9 Å². The number of alkyl halides is 1. The molecule has 0 radical (unpaired) electrons. The number of nitrogens with one attached hydrogen (secondary N) is 1. The monoisotopic (exact) mass is 365 g/mol. The van der Waals surface area contributed by atoms with Gasteiger partial charge in [-0.1, -0.05) is 0 Å². The molecule has 26 heavy (non-hydrogen) atoms. The van der Waals surface area contributed by atoms with Gasteiger partial charge < -0.3 is 14.5 Å². The van der Waals surface area contributed by atoms with Crippen molar-refractivity contribution in [3.63, 3.8) is 0 Å². The van der Waals surface area contributed by atoms with E-state index in [9.17, 15) is 14.0 Å². The fraction of sp³-hybridized carbons (Fsp3) is 0.765. The number of aromatic nitrogens is 3. The van der Waals surface area contributed by atoms with Crippen LogP contribution < -0.4 is 0 Å². The van der Waals surface area contributed by atoms with Crippen LogP contribution in [0.15, 0.2) is 6.33 Å². The molecule has 4 heterocycles. The maximum Gasteiger partial charge on any atom is 0.291 e. The van der Waals surface area contributed by atoms with E-state index in [0.29, 0.717) is 39.3 Å². The highest BCUT2D eigenvalue weighted by molar-refractivity contribution is 5.90. The number of ether oxygens (including phenoxy) is 1. The van der Waals surface area contributed by atoms with Gasteiger partial charge in [-0.25, -0.2) is 9.37 Å². The number of aromatic amines is 1. The molecule has 0 unspecified atom stereocenters. The zero-order valence-corrected chi connectivity index (χ0v) is 14.7. The molecule has 9 heteroatoms. The van der Waals surface area contributed by atoms with E-state index in [1.165, 1.54) is 6.33 Å². The molecule has 2 amide bonds. The van der Waals surface area contributed by atoms with Crippen LogP contribution in [-0.2, 0) is 9.53 Å². The summed E-state index contributed by atoms with van der Waals surface area (Å²) in [5.74, 6) is -0.150. The average Bonchev–Trinajstić information content (AvgIpc) is 3.33. The normalized spacial score (nSPS) is 28.5. The SMILES string of the molecule is O=C(c1ncn[nH]1)N1CCC2(CCOC[C@H]2C(=O)N2CC[C@H](F)C2)CC1. The van der Waals surface area contributed by atoms with Gasteiger partial charge in [-0.3, -0.25) is 14.7 Å². The smallest absolute Gasteiger partial charge is 0.291 e. The van der Waals surface area contributed by atoms with Crippen molar-refractivity contribution in [2.75, 3.05) is 39.4 Å². The molecular formula is C17H24FN5O3. The number of hydrogen-bond acceptors (Lipinski definition) is 5. The molecule has 3 saturated heterocycles. The van der Waals surface area contributed by atoms with Crippen LogP contribution >= 0.6 is 0 Å². The molecule has 8 nitrogen and oxygen atoms in total. The maximum atomic E-state index is 13.5. The van der Waals surface area contributed by atoms with Crippen LogP contribution in [0.3, 0.4) is 0 Å². The Morgan fingerprint density at radius 2 is 2.04 bits per heavy atom. The van der Waals surface area contributed by atoms with Gasteiger partial charge in [0.05, 0.1) is 19.1 Å². The van der Waals surface area contributed by atoms with Gasteiger partial charge in [-0.15, -0.1) is 0 Å². The second kappa shape index (κ2) is 6.94. The minimum atomic E-state index is -0.916. The van der Waals surface area contributed by atoms with Gasteiger partial charge in [0.1, 0.15) is 12.5 Å². The molecule has 3 aliphatic rings. The molecule has 2 atom stereocenters. The minimum Gasteiger partial charge on any atom is -0.381 e. The van der Waals surface area contributed by atoms with Gasteiger partial charge >= 0.3 is 0 Å². The molecule has 3 fully saturated rings. The van der Waals surface area contributed by atoms with Crippen LogP contribution in [0.25, 0.3) is 0 Å². The first-order valence-electron chi connectivity index (χ1n) is 9.24. The lowest BCUT2D eigenvalue weighted by molar-refractivity contribution is -0.152. The van der Waals surface area contributed by atoms with E-state index in [1.54, 1.807) is 9.80 Å². The van der Waals surface area contributed by atoms with Gasteiger partial charge in [0, 0.05) is 26.2 Å². The van der Waals surface area contributed by atoms with Crippen LogP contribution in [0, 0.1) is 11.3 Å². The molecule has 4 rings (SSSR count). The van der Waals surface area contributed by atoms with Crippen molar-refractivity contribution in [3.8, 4) is 0 Å². The maximum absolute atomic E-state index is 13.5. The van der Waals surface area contributed by atoms with E-state index < -0.39 is 6.17 Å². The molecule has 0 bridgehead atoms. The average molecular weight is 365 g/mol. The van der Waals surface area contributed by atoms with Crippen molar-refractivity contribution in [1.82, 2.24) is 25.0 Å². The summed E-state index contributed by atoms with van der Waals surface area (Å²) in [4.78, 5) is 32.8. The summed E-state index contributed by atoms with van der Waals surface area (Å²) in [7, 11) is 0. The summed E-state index contributed by atoms with van der Waals surface area (Å²) in [6.07, 6.45) is 3.13. The summed E-state index contributed by atoms with van der Waals surface area (Å²) >= 11 is 0. The number of hydrogen-bond donors (Lipinski definition) is 1. The van der Waals surface area contributed by atoms with Crippen LogP contribution in [0.5, 0.6) is 0 Å². The predicted molar refractivity (Wildman–Crippen MR) is 89.0 cm³/mol. The third kappa shape index (κ3) is 3.08. The first kappa shape index (κ1) is 17.4. The highest BCUT2D eigenvalue weighted by atomic mass is 19.1. The second-order valence-electron chi connectivity index (χ2n) is 7.54. The van der Waals surface area contributed by atoms with Crippen molar-refractivity contribution in [2.24, 2.45) is 11.3 Å². The number of likely N-dealkylation sites (tertiary alicyclic amines) is 2. The Hall–Kier alpha value is -2.03. The van der Waals surface area contributed by atoms with Crippen LogP contribution in [0.2, 0.25) is 0 Å². The Kier molecular flexibility index (Phi) is 4.64. The summed E-state index contributed by atoms with van der Waals surface area (Å²) < 4.78 is 19.1. The fourth-order valence-electron chi connectivity index (χ4n) is 4.51. The zero-order valence-electron chi connectivity index (χ0n) is 14.7. The van der Waals surface area contributed by atoms with Crippen LogP contribution in [0.4, 0.5) is 4.39 Å². The van der Waals surface area contributed by atoms with E-state index in [2.05, 4.69) is 15.2 Å². The number of halogens is 1. The Labute approximate surface area is 151 Å². The molecular weight excluding hydrogens is 341 g/mol. The van der Waals surface area contributed by atoms with E-state index in [0.717, 1.165) is 19.3 Å². The lowest BCUT2D eigenvalue weighted by Gasteiger charge is -2.48. The van der Waals surface area contributed by atoms with Crippen LogP contribution in [0.1, 0.15) is 36.3 Å². The Balaban J connectivity index is 1.45. The van der Waals surface area contributed by atoms with Crippen LogP contribution in [-0.4, -0.2) is 82.4 Å². The van der Waals surface area contributed by atoms with E-state index in [1.807, 2.05) is 0 Å². The molecule has 1 aromatic rings. The fourth-order valence-corrected chi connectivity index (χ4v) is 4.51. The number of piperidine rings is 1.